The summed E-state index contributed by atoms with van der Waals surface area (Å²) in [6, 6.07) is 8.23. The van der Waals surface area contributed by atoms with Gasteiger partial charge in [-0.2, -0.15) is 0 Å². The van der Waals surface area contributed by atoms with Crippen LogP contribution < -0.4 is 10.1 Å². The summed E-state index contributed by atoms with van der Waals surface area (Å²) in [7, 11) is 0. The first-order chi connectivity index (χ1) is 9.85. The molecule has 0 bridgehead atoms. The molecule has 3 nitrogen and oxygen atoms in total. The van der Waals surface area contributed by atoms with Gasteiger partial charge in [0.25, 0.3) is 0 Å². The first-order valence-electron chi connectivity index (χ1n) is 7.35. The van der Waals surface area contributed by atoms with Crippen molar-refractivity contribution < 1.29 is 9.15 Å². The van der Waals surface area contributed by atoms with Crippen molar-refractivity contribution in [3.8, 4) is 5.75 Å². The highest BCUT2D eigenvalue weighted by Crippen LogP contribution is 2.21. The van der Waals surface area contributed by atoms with Crippen LogP contribution in [0.25, 0.3) is 0 Å². The molecule has 114 valence electrons. The minimum Gasteiger partial charge on any atom is -0.488 e. The Bertz CT molecular complexity index is 594. The third-order valence-electron chi connectivity index (χ3n) is 3.34. The second kappa shape index (κ2) is 6.35. The van der Waals surface area contributed by atoms with E-state index in [0.29, 0.717) is 13.2 Å². The molecule has 1 heterocycles. The molecule has 0 fully saturated rings. The van der Waals surface area contributed by atoms with Crippen molar-refractivity contribution in [3.05, 3.63) is 53.0 Å². The number of rotatable bonds is 5. The molecular formula is C18H25NO2. The van der Waals surface area contributed by atoms with Gasteiger partial charge in [0.05, 0.1) is 12.8 Å². The number of nitrogens with one attached hydrogen (secondary N) is 1. The van der Waals surface area contributed by atoms with E-state index in [4.69, 9.17) is 9.15 Å². The van der Waals surface area contributed by atoms with Crippen molar-refractivity contribution in [3.63, 3.8) is 0 Å². The highest BCUT2D eigenvalue weighted by atomic mass is 16.5. The zero-order valence-corrected chi connectivity index (χ0v) is 13.6. The van der Waals surface area contributed by atoms with Gasteiger partial charge in [-0.25, -0.2) is 0 Å². The highest BCUT2D eigenvalue weighted by Gasteiger charge is 2.13. The largest absolute Gasteiger partial charge is 0.488 e. The minimum absolute atomic E-state index is 0.0675. The molecule has 1 N–H and O–H groups in total. The van der Waals surface area contributed by atoms with E-state index in [2.05, 4.69) is 58.1 Å². The van der Waals surface area contributed by atoms with E-state index in [-0.39, 0.29) is 5.54 Å². The Kier molecular flexibility index (Phi) is 4.73. The lowest BCUT2D eigenvalue weighted by Gasteiger charge is -2.20. The fraction of sp³-hybridized carbons (Fsp3) is 0.444. The maximum Gasteiger partial charge on any atom is 0.124 e. The van der Waals surface area contributed by atoms with Crippen LogP contribution in [0.2, 0.25) is 0 Å². The Morgan fingerprint density at radius 3 is 2.62 bits per heavy atom. The Morgan fingerprint density at radius 1 is 1.14 bits per heavy atom. The minimum atomic E-state index is 0.0675. The van der Waals surface area contributed by atoms with Crippen LogP contribution in [0.4, 0.5) is 0 Å². The Morgan fingerprint density at radius 2 is 1.90 bits per heavy atom. The van der Waals surface area contributed by atoms with Gasteiger partial charge in [0.1, 0.15) is 18.1 Å². The van der Waals surface area contributed by atoms with Crippen molar-refractivity contribution >= 4 is 0 Å². The average molecular weight is 287 g/mol. The van der Waals surface area contributed by atoms with E-state index < -0.39 is 0 Å². The second-order valence-electron chi connectivity index (χ2n) is 6.53. The molecule has 0 radical (unpaired) electrons. The van der Waals surface area contributed by atoms with Crippen molar-refractivity contribution in [2.45, 2.75) is 53.3 Å². The van der Waals surface area contributed by atoms with E-state index in [1.165, 1.54) is 5.56 Å². The molecule has 1 aromatic carbocycles. The lowest BCUT2D eigenvalue weighted by Crippen LogP contribution is -2.35. The van der Waals surface area contributed by atoms with Gasteiger partial charge in [0.15, 0.2) is 0 Å². The number of hydrogen-bond acceptors (Lipinski definition) is 3. The van der Waals surface area contributed by atoms with Crippen molar-refractivity contribution in [2.24, 2.45) is 0 Å². The molecule has 0 saturated carbocycles. The molecule has 3 heteroatoms. The second-order valence-corrected chi connectivity index (χ2v) is 6.53. The summed E-state index contributed by atoms with van der Waals surface area (Å²) in [6.45, 7) is 11.8. The number of ether oxygens (including phenoxy) is 1. The number of benzene rings is 1. The number of aryl methyl sites for hydroxylation is 2. The predicted molar refractivity (Wildman–Crippen MR) is 85.5 cm³/mol. The van der Waals surface area contributed by atoms with E-state index in [1.54, 1.807) is 6.26 Å². The maximum absolute atomic E-state index is 5.95. The lowest BCUT2D eigenvalue weighted by molar-refractivity contribution is 0.297. The van der Waals surface area contributed by atoms with E-state index >= 15 is 0 Å². The summed E-state index contributed by atoms with van der Waals surface area (Å²) in [6.07, 6.45) is 1.72. The van der Waals surface area contributed by atoms with Crippen LogP contribution in [-0.2, 0) is 13.2 Å². The van der Waals surface area contributed by atoms with Crippen molar-refractivity contribution in [1.82, 2.24) is 5.32 Å². The summed E-state index contributed by atoms with van der Waals surface area (Å²) in [5.41, 5.74) is 3.52. The van der Waals surface area contributed by atoms with E-state index in [1.807, 2.05) is 6.07 Å². The summed E-state index contributed by atoms with van der Waals surface area (Å²) in [5, 5.41) is 3.43. The third-order valence-corrected chi connectivity index (χ3v) is 3.34. The third kappa shape index (κ3) is 4.64. The standard InChI is InChI=1S/C18H25NO2/c1-13-6-7-14(2)16(10-13)21-12-15-8-9-20-17(15)11-19-18(3,4)5/h6-10,19H,11-12H2,1-5H3. The number of furan rings is 1. The summed E-state index contributed by atoms with van der Waals surface area (Å²) < 4.78 is 11.5. The molecule has 2 rings (SSSR count). The molecular weight excluding hydrogens is 262 g/mol. The van der Waals surface area contributed by atoms with E-state index in [9.17, 15) is 0 Å². The highest BCUT2D eigenvalue weighted by molar-refractivity contribution is 5.36. The topological polar surface area (TPSA) is 34.4 Å². The van der Waals surface area contributed by atoms with Gasteiger partial charge in [-0.15, -0.1) is 0 Å². The molecule has 0 spiro atoms. The van der Waals surface area contributed by atoms with Gasteiger partial charge in [-0.05, 0) is 57.9 Å². The van der Waals surface area contributed by atoms with Crippen LogP contribution in [0.5, 0.6) is 5.75 Å². The average Bonchev–Trinajstić information content (AvgIpc) is 2.84. The van der Waals surface area contributed by atoms with Crippen molar-refractivity contribution in [1.29, 1.82) is 0 Å². The van der Waals surface area contributed by atoms with Crippen LogP contribution in [0.1, 0.15) is 43.2 Å². The predicted octanol–water partition coefficient (Wildman–Crippen LogP) is 4.36. The quantitative estimate of drug-likeness (QED) is 0.887. The molecule has 21 heavy (non-hydrogen) atoms. The molecule has 1 aromatic heterocycles. The molecule has 0 aliphatic heterocycles. The molecule has 0 amide bonds. The van der Waals surface area contributed by atoms with Gasteiger partial charge >= 0.3 is 0 Å². The van der Waals surface area contributed by atoms with Gasteiger partial charge < -0.3 is 14.5 Å². The molecule has 0 aliphatic carbocycles. The molecule has 0 aliphatic rings. The van der Waals surface area contributed by atoms with Crippen LogP contribution in [-0.4, -0.2) is 5.54 Å². The Hall–Kier alpha value is -1.74. The van der Waals surface area contributed by atoms with Crippen LogP contribution in [0.15, 0.2) is 34.9 Å². The summed E-state index contributed by atoms with van der Waals surface area (Å²) in [5.74, 6) is 1.88. The zero-order chi connectivity index (χ0) is 15.5. The Labute approximate surface area is 127 Å². The Balaban J connectivity index is 2.01. The SMILES string of the molecule is Cc1ccc(C)c(OCc2ccoc2CNC(C)(C)C)c1. The van der Waals surface area contributed by atoms with Crippen LogP contribution in [0.3, 0.4) is 0 Å². The van der Waals surface area contributed by atoms with Crippen molar-refractivity contribution in [2.75, 3.05) is 0 Å². The van der Waals surface area contributed by atoms with Crippen LogP contribution >= 0.6 is 0 Å². The molecule has 0 unspecified atom stereocenters. The smallest absolute Gasteiger partial charge is 0.124 e. The van der Waals surface area contributed by atoms with Gasteiger partial charge in [0.2, 0.25) is 0 Å². The van der Waals surface area contributed by atoms with Gasteiger partial charge in [0, 0.05) is 11.1 Å². The fourth-order valence-corrected chi connectivity index (χ4v) is 2.01. The lowest BCUT2D eigenvalue weighted by atomic mass is 10.1. The molecule has 0 atom stereocenters. The van der Waals surface area contributed by atoms with Crippen LogP contribution in [0, 0.1) is 13.8 Å². The van der Waals surface area contributed by atoms with E-state index in [0.717, 1.165) is 22.6 Å². The summed E-state index contributed by atoms with van der Waals surface area (Å²) in [4.78, 5) is 0. The normalized spacial score (nSPS) is 11.7. The monoisotopic (exact) mass is 287 g/mol. The molecule has 2 aromatic rings. The first-order valence-corrected chi connectivity index (χ1v) is 7.35. The summed E-state index contributed by atoms with van der Waals surface area (Å²) >= 11 is 0. The number of hydrogen-bond donors (Lipinski definition) is 1. The van der Waals surface area contributed by atoms with Gasteiger partial charge in [-0.1, -0.05) is 12.1 Å². The maximum atomic E-state index is 5.95. The van der Waals surface area contributed by atoms with Gasteiger partial charge in [-0.3, -0.25) is 0 Å². The first kappa shape index (κ1) is 15.6. The fourth-order valence-electron chi connectivity index (χ4n) is 2.01. The zero-order valence-electron chi connectivity index (χ0n) is 13.6. The molecule has 0 saturated heterocycles.